The number of hydrogen-bond acceptors (Lipinski definition) is 1. The van der Waals surface area contributed by atoms with Crippen molar-refractivity contribution in [3.63, 3.8) is 0 Å². The number of aryl methyl sites for hydroxylation is 1. The second-order valence-corrected chi connectivity index (χ2v) is 6.69. The minimum atomic E-state index is 0.962. The SMILES string of the molecule is CC.CC.CC.CC.CC.CC.Cn1c2ccccc2c2ccccc21.c1ccc2c(c1)oc1ccccc12. The molecule has 2 aromatic heterocycles. The second kappa shape index (κ2) is 23.6. The van der Waals surface area contributed by atoms with Crippen molar-refractivity contribution in [2.24, 2.45) is 7.05 Å². The molecule has 6 aromatic rings. The van der Waals surface area contributed by atoms with E-state index in [9.17, 15) is 0 Å². The second-order valence-electron chi connectivity index (χ2n) is 6.69. The van der Waals surface area contributed by atoms with Gasteiger partial charge in [-0.1, -0.05) is 156 Å². The van der Waals surface area contributed by atoms with Crippen LogP contribution in [0.4, 0.5) is 0 Å². The average Bonchev–Trinajstić information content (AvgIpc) is 3.59. The summed E-state index contributed by atoms with van der Waals surface area (Å²) < 4.78 is 7.89. The van der Waals surface area contributed by atoms with Gasteiger partial charge in [0.1, 0.15) is 11.2 Å². The van der Waals surface area contributed by atoms with E-state index < -0.39 is 0 Å². The van der Waals surface area contributed by atoms with E-state index in [1.54, 1.807) is 0 Å². The number of aromatic nitrogens is 1. The van der Waals surface area contributed by atoms with Gasteiger partial charge in [0.25, 0.3) is 0 Å². The lowest BCUT2D eigenvalue weighted by atomic mass is 10.2. The Morgan fingerprint density at radius 1 is 0.359 bits per heavy atom. The van der Waals surface area contributed by atoms with Gasteiger partial charge in [-0.3, -0.25) is 0 Å². The Labute approximate surface area is 239 Å². The van der Waals surface area contributed by atoms with Crippen molar-refractivity contribution in [1.29, 1.82) is 0 Å². The van der Waals surface area contributed by atoms with Crippen molar-refractivity contribution in [2.45, 2.75) is 83.1 Å². The molecular weight excluding hydrogens is 474 g/mol. The quantitative estimate of drug-likeness (QED) is 0.191. The molecule has 6 rings (SSSR count). The van der Waals surface area contributed by atoms with Gasteiger partial charge in [-0.15, -0.1) is 0 Å². The first kappa shape index (κ1) is 37.6. The van der Waals surface area contributed by atoms with Gasteiger partial charge in [-0.25, -0.2) is 0 Å². The molecule has 39 heavy (non-hydrogen) atoms. The zero-order valence-electron chi connectivity index (χ0n) is 27.1. The number of rotatable bonds is 0. The molecular formula is C37H55NO. The lowest BCUT2D eigenvalue weighted by molar-refractivity contribution is 0.669. The van der Waals surface area contributed by atoms with E-state index in [1.165, 1.54) is 32.6 Å². The monoisotopic (exact) mass is 529 g/mol. The van der Waals surface area contributed by atoms with Crippen LogP contribution in [-0.4, -0.2) is 4.57 Å². The number of fused-ring (bicyclic) bond motifs is 6. The van der Waals surface area contributed by atoms with Crippen molar-refractivity contribution in [3.05, 3.63) is 97.1 Å². The van der Waals surface area contributed by atoms with Crippen molar-refractivity contribution in [2.75, 3.05) is 0 Å². The van der Waals surface area contributed by atoms with Crippen molar-refractivity contribution in [3.8, 4) is 0 Å². The molecule has 0 fully saturated rings. The number of para-hydroxylation sites is 4. The predicted molar refractivity (Wildman–Crippen MR) is 182 cm³/mol. The number of furan rings is 1. The summed E-state index contributed by atoms with van der Waals surface area (Å²) in [5, 5.41) is 5.06. The Kier molecular flexibility index (Phi) is 22.8. The molecule has 0 saturated heterocycles. The van der Waals surface area contributed by atoms with Gasteiger partial charge in [-0.05, 0) is 24.3 Å². The van der Waals surface area contributed by atoms with Gasteiger partial charge in [0, 0.05) is 39.6 Å². The maximum atomic E-state index is 5.65. The molecule has 0 saturated carbocycles. The fourth-order valence-electron chi connectivity index (χ4n) is 3.79. The summed E-state index contributed by atoms with van der Waals surface area (Å²) in [7, 11) is 2.12. The highest BCUT2D eigenvalue weighted by Crippen LogP contribution is 2.28. The summed E-state index contributed by atoms with van der Waals surface area (Å²) in [6.45, 7) is 24.0. The molecule has 0 unspecified atom stereocenters. The molecule has 0 atom stereocenters. The summed E-state index contributed by atoms with van der Waals surface area (Å²) in [6.07, 6.45) is 0. The first-order valence-electron chi connectivity index (χ1n) is 15.1. The normalized spacial score (nSPS) is 8.64. The third-order valence-electron chi connectivity index (χ3n) is 5.11. The van der Waals surface area contributed by atoms with Crippen LogP contribution in [0.2, 0.25) is 0 Å². The fourth-order valence-corrected chi connectivity index (χ4v) is 3.79. The van der Waals surface area contributed by atoms with Crippen LogP contribution in [0.15, 0.2) is 101 Å². The topological polar surface area (TPSA) is 18.1 Å². The number of nitrogens with zero attached hydrogens (tertiary/aromatic N) is 1. The zero-order chi connectivity index (χ0) is 30.2. The molecule has 2 nitrogen and oxygen atoms in total. The largest absolute Gasteiger partial charge is 0.456 e. The van der Waals surface area contributed by atoms with E-state index >= 15 is 0 Å². The Balaban J connectivity index is 0. The molecule has 214 valence electrons. The molecule has 2 heteroatoms. The van der Waals surface area contributed by atoms with Gasteiger partial charge >= 0.3 is 0 Å². The highest BCUT2D eigenvalue weighted by atomic mass is 16.3. The third kappa shape index (κ3) is 9.94. The van der Waals surface area contributed by atoms with Crippen LogP contribution in [0.3, 0.4) is 0 Å². The van der Waals surface area contributed by atoms with Crippen molar-refractivity contribution >= 4 is 43.7 Å². The van der Waals surface area contributed by atoms with Gasteiger partial charge in [0.05, 0.1) is 0 Å². The average molecular weight is 530 g/mol. The molecule has 0 amide bonds. The van der Waals surface area contributed by atoms with Gasteiger partial charge in [-0.2, -0.15) is 0 Å². The maximum Gasteiger partial charge on any atom is 0.135 e. The number of hydrogen-bond donors (Lipinski definition) is 0. The highest BCUT2D eigenvalue weighted by Gasteiger charge is 2.05. The lowest BCUT2D eigenvalue weighted by Gasteiger charge is -1.95. The molecule has 4 aromatic carbocycles. The van der Waals surface area contributed by atoms with Crippen LogP contribution < -0.4 is 0 Å². The van der Waals surface area contributed by atoms with Crippen molar-refractivity contribution in [1.82, 2.24) is 4.57 Å². The zero-order valence-corrected chi connectivity index (χ0v) is 27.1. The molecule has 0 aliphatic heterocycles. The Bertz CT molecular complexity index is 1280. The van der Waals surface area contributed by atoms with E-state index in [0.717, 1.165) is 11.2 Å². The van der Waals surface area contributed by atoms with Crippen LogP contribution >= 0.6 is 0 Å². The summed E-state index contributed by atoms with van der Waals surface area (Å²) >= 11 is 0. The van der Waals surface area contributed by atoms with E-state index in [2.05, 4.69) is 72.3 Å². The highest BCUT2D eigenvalue weighted by molar-refractivity contribution is 6.08. The lowest BCUT2D eigenvalue weighted by Crippen LogP contribution is -1.84. The first-order valence-corrected chi connectivity index (χ1v) is 15.1. The number of benzene rings is 4. The van der Waals surface area contributed by atoms with E-state index in [0.29, 0.717) is 0 Å². The van der Waals surface area contributed by atoms with Crippen LogP contribution in [0.1, 0.15) is 83.1 Å². The minimum absolute atomic E-state index is 0.962. The summed E-state index contributed by atoms with van der Waals surface area (Å²) in [5.41, 5.74) is 4.52. The van der Waals surface area contributed by atoms with Crippen LogP contribution in [0.25, 0.3) is 43.7 Å². The fraction of sp³-hybridized carbons (Fsp3) is 0.351. The predicted octanol–water partition coefficient (Wildman–Crippen LogP) is 13.1. The third-order valence-corrected chi connectivity index (χ3v) is 5.11. The van der Waals surface area contributed by atoms with Crippen molar-refractivity contribution < 1.29 is 4.42 Å². The summed E-state index contributed by atoms with van der Waals surface area (Å²) in [4.78, 5) is 0. The molecule has 0 aliphatic rings. The van der Waals surface area contributed by atoms with Gasteiger partial charge < -0.3 is 8.98 Å². The molecule has 0 N–H and O–H groups in total. The Morgan fingerprint density at radius 3 is 0.949 bits per heavy atom. The molecule has 0 radical (unpaired) electrons. The van der Waals surface area contributed by atoms with Gasteiger partial charge in [0.15, 0.2) is 0 Å². The van der Waals surface area contributed by atoms with Crippen LogP contribution in [0.5, 0.6) is 0 Å². The smallest absolute Gasteiger partial charge is 0.135 e. The Morgan fingerprint density at radius 2 is 0.615 bits per heavy atom. The van der Waals surface area contributed by atoms with Gasteiger partial charge in [0.2, 0.25) is 0 Å². The van der Waals surface area contributed by atoms with E-state index in [4.69, 9.17) is 4.42 Å². The van der Waals surface area contributed by atoms with Crippen LogP contribution in [0, 0.1) is 0 Å². The van der Waals surface area contributed by atoms with E-state index in [1.807, 2.05) is 119 Å². The molecule has 2 heterocycles. The Hall–Kier alpha value is -3.52. The molecule has 0 aliphatic carbocycles. The summed E-state index contributed by atoms with van der Waals surface area (Å²) in [6, 6.07) is 33.2. The summed E-state index contributed by atoms with van der Waals surface area (Å²) in [5.74, 6) is 0. The minimum Gasteiger partial charge on any atom is -0.456 e. The first-order chi connectivity index (χ1) is 19.3. The molecule has 0 bridgehead atoms. The van der Waals surface area contributed by atoms with E-state index in [-0.39, 0.29) is 0 Å². The maximum absolute atomic E-state index is 5.65. The standard InChI is InChI=1S/C13H11N.C12H8O.6C2H6/c1-14-12-8-4-2-6-10(12)11-7-3-5-9-13(11)14;1-3-7-11-9(5-1)10-6-2-4-8-12(10)13-11;6*1-2/h2-9H,1H3;1-8H;6*1-2H3. The molecule has 0 spiro atoms. The van der Waals surface area contributed by atoms with Crippen LogP contribution in [-0.2, 0) is 7.05 Å².